The average molecular weight is 315 g/mol. The summed E-state index contributed by atoms with van der Waals surface area (Å²) in [6.07, 6.45) is 1.44. The van der Waals surface area contributed by atoms with E-state index in [1.165, 1.54) is 24.4 Å². The second-order valence-corrected chi connectivity index (χ2v) is 4.74. The molecule has 5 N–H and O–H groups in total. The van der Waals surface area contributed by atoms with Crippen molar-refractivity contribution in [2.75, 3.05) is 5.73 Å². The van der Waals surface area contributed by atoms with Gasteiger partial charge in [-0.1, -0.05) is 6.07 Å². The molecule has 2 aromatic heterocycles. The predicted octanol–water partition coefficient (Wildman–Crippen LogP) is 2.10. The lowest BCUT2D eigenvalue weighted by Crippen LogP contribution is -2.11. The van der Waals surface area contributed by atoms with Gasteiger partial charge in [0.2, 0.25) is 5.95 Å². The van der Waals surface area contributed by atoms with Crippen LogP contribution in [0.5, 0.6) is 0 Å². The lowest BCUT2D eigenvalue weighted by molar-refractivity contribution is 0.100. The number of nitrogens with zero attached hydrogens (tertiary/aromatic N) is 2. The van der Waals surface area contributed by atoms with Crippen LogP contribution in [0.2, 0.25) is 0 Å². The fourth-order valence-corrected chi connectivity index (χ4v) is 2.22. The van der Waals surface area contributed by atoms with Crippen LogP contribution >= 0.6 is 0 Å². The topological polar surface area (TPSA) is 111 Å². The highest BCUT2D eigenvalue weighted by Crippen LogP contribution is 2.30. The van der Waals surface area contributed by atoms with Gasteiger partial charge in [-0.25, -0.2) is 18.7 Å². The lowest BCUT2D eigenvalue weighted by atomic mass is 10.1. The zero-order valence-corrected chi connectivity index (χ0v) is 11.7. The highest BCUT2D eigenvalue weighted by molar-refractivity contribution is 6.00. The molecule has 0 aliphatic rings. The van der Waals surface area contributed by atoms with Gasteiger partial charge in [0.25, 0.3) is 5.91 Å². The van der Waals surface area contributed by atoms with Crippen LogP contribution in [0, 0.1) is 11.6 Å². The number of nitrogen functional groups attached to an aromatic ring is 1. The van der Waals surface area contributed by atoms with Gasteiger partial charge < -0.3 is 16.5 Å². The Morgan fingerprint density at radius 3 is 2.70 bits per heavy atom. The molecule has 116 valence electrons. The maximum Gasteiger partial charge on any atom is 0.250 e. The van der Waals surface area contributed by atoms with E-state index in [2.05, 4.69) is 15.0 Å². The van der Waals surface area contributed by atoms with Crippen LogP contribution in [-0.2, 0) is 0 Å². The van der Waals surface area contributed by atoms with Crippen molar-refractivity contribution in [3.63, 3.8) is 0 Å². The number of nitrogens with two attached hydrogens (primary N) is 2. The summed E-state index contributed by atoms with van der Waals surface area (Å²) < 4.78 is 27.5. The molecule has 0 aliphatic carbocycles. The second kappa shape index (κ2) is 5.48. The third-order valence-electron chi connectivity index (χ3n) is 3.25. The molecule has 0 fully saturated rings. The van der Waals surface area contributed by atoms with Gasteiger partial charge in [0.15, 0.2) is 11.6 Å². The quantitative estimate of drug-likeness (QED) is 0.687. The fourth-order valence-electron chi connectivity index (χ4n) is 2.22. The third-order valence-corrected chi connectivity index (χ3v) is 3.25. The van der Waals surface area contributed by atoms with Gasteiger partial charge in [-0.05, 0) is 24.3 Å². The molecule has 3 aromatic rings. The first kappa shape index (κ1) is 14.6. The average Bonchev–Trinajstić information content (AvgIpc) is 2.95. The Morgan fingerprint density at radius 1 is 1.22 bits per heavy atom. The molecule has 1 aromatic carbocycles. The number of aromatic nitrogens is 3. The summed E-state index contributed by atoms with van der Waals surface area (Å²) in [5.41, 5.74) is 11.6. The van der Waals surface area contributed by atoms with E-state index >= 15 is 0 Å². The van der Waals surface area contributed by atoms with Crippen molar-refractivity contribution < 1.29 is 13.6 Å². The van der Waals surface area contributed by atoms with Crippen molar-refractivity contribution in [3.05, 3.63) is 53.7 Å². The highest BCUT2D eigenvalue weighted by Gasteiger charge is 2.20. The van der Waals surface area contributed by atoms with E-state index in [0.717, 1.165) is 6.07 Å². The van der Waals surface area contributed by atoms with Crippen LogP contribution in [0.3, 0.4) is 0 Å². The maximum atomic E-state index is 14.0. The number of H-pyrrole nitrogens is 1. The number of anilines is 1. The molecule has 0 saturated heterocycles. The van der Waals surface area contributed by atoms with Gasteiger partial charge >= 0.3 is 0 Å². The van der Waals surface area contributed by atoms with Gasteiger partial charge in [0, 0.05) is 11.8 Å². The molecule has 0 unspecified atom stereocenters. The number of hydrogen-bond acceptors (Lipinski definition) is 4. The SMILES string of the molecule is NC(=O)c1cc(-c2ccnc(N)n2)[nH]c1-c1cccc(F)c1F. The predicted molar refractivity (Wildman–Crippen MR) is 80.1 cm³/mol. The summed E-state index contributed by atoms with van der Waals surface area (Å²) >= 11 is 0. The second-order valence-electron chi connectivity index (χ2n) is 4.74. The molecule has 0 bridgehead atoms. The van der Waals surface area contributed by atoms with Gasteiger partial charge in [-0.3, -0.25) is 4.79 Å². The van der Waals surface area contributed by atoms with Crippen molar-refractivity contribution >= 4 is 11.9 Å². The summed E-state index contributed by atoms with van der Waals surface area (Å²) in [6.45, 7) is 0. The number of benzene rings is 1. The molecule has 1 amide bonds. The van der Waals surface area contributed by atoms with Crippen LogP contribution in [0.1, 0.15) is 10.4 Å². The third kappa shape index (κ3) is 2.61. The monoisotopic (exact) mass is 315 g/mol. The van der Waals surface area contributed by atoms with Crippen molar-refractivity contribution in [1.82, 2.24) is 15.0 Å². The Balaban J connectivity index is 2.21. The van der Waals surface area contributed by atoms with Crippen LogP contribution < -0.4 is 11.5 Å². The zero-order valence-electron chi connectivity index (χ0n) is 11.7. The number of rotatable bonds is 3. The van der Waals surface area contributed by atoms with E-state index in [0.29, 0.717) is 11.4 Å². The largest absolute Gasteiger partial charge is 0.368 e. The number of aromatic amines is 1. The number of carbonyl (C=O) groups excluding carboxylic acids is 1. The van der Waals surface area contributed by atoms with E-state index in [4.69, 9.17) is 11.5 Å². The Hall–Kier alpha value is -3.29. The van der Waals surface area contributed by atoms with Gasteiger partial charge in [-0.2, -0.15) is 0 Å². The minimum Gasteiger partial charge on any atom is -0.368 e. The van der Waals surface area contributed by atoms with Gasteiger partial charge in [-0.15, -0.1) is 0 Å². The molecular weight excluding hydrogens is 304 g/mol. The molecule has 0 spiro atoms. The lowest BCUT2D eigenvalue weighted by Gasteiger charge is -2.04. The smallest absolute Gasteiger partial charge is 0.250 e. The molecule has 0 radical (unpaired) electrons. The minimum atomic E-state index is -1.08. The van der Waals surface area contributed by atoms with E-state index in [1.54, 1.807) is 6.07 Å². The molecule has 6 nitrogen and oxygen atoms in total. The van der Waals surface area contributed by atoms with Crippen molar-refractivity contribution in [2.24, 2.45) is 5.73 Å². The number of amides is 1. The summed E-state index contributed by atoms with van der Waals surface area (Å²) in [5.74, 6) is -2.85. The van der Waals surface area contributed by atoms with E-state index in [1.807, 2.05) is 0 Å². The Labute approximate surface area is 129 Å². The van der Waals surface area contributed by atoms with Crippen LogP contribution in [0.4, 0.5) is 14.7 Å². The molecule has 3 rings (SSSR count). The van der Waals surface area contributed by atoms with Gasteiger partial charge in [0.05, 0.1) is 22.6 Å². The number of halogens is 2. The molecule has 0 atom stereocenters. The van der Waals surface area contributed by atoms with Crippen molar-refractivity contribution in [3.8, 4) is 22.6 Å². The first-order valence-electron chi connectivity index (χ1n) is 6.53. The molecule has 0 aliphatic heterocycles. The van der Waals surface area contributed by atoms with Gasteiger partial charge in [0.1, 0.15) is 0 Å². The summed E-state index contributed by atoms with van der Waals surface area (Å²) in [4.78, 5) is 22.2. The van der Waals surface area contributed by atoms with Crippen molar-refractivity contribution in [2.45, 2.75) is 0 Å². The fraction of sp³-hybridized carbons (Fsp3) is 0. The van der Waals surface area contributed by atoms with E-state index < -0.39 is 17.5 Å². The number of carbonyl (C=O) groups is 1. The Morgan fingerprint density at radius 2 is 2.00 bits per heavy atom. The molecule has 0 saturated carbocycles. The first-order valence-corrected chi connectivity index (χ1v) is 6.53. The minimum absolute atomic E-state index is 0.0154. The first-order chi connectivity index (χ1) is 11.0. The number of nitrogens with one attached hydrogen (secondary N) is 1. The number of primary amides is 1. The molecule has 23 heavy (non-hydrogen) atoms. The molecule has 8 heteroatoms. The van der Waals surface area contributed by atoms with Crippen LogP contribution in [0.15, 0.2) is 36.5 Å². The normalized spacial score (nSPS) is 10.7. The summed E-state index contributed by atoms with van der Waals surface area (Å²) in [6, 6.07) is 6.62. The Kier molecular flexibility index (Phi) is 3.49. The zero-order chi connectivity index (χ0) is 16.6. The van der Waals surface area contributed by atoms with Crippen LogP contribution in [0.25, 0.3) is 22.6 Å². The molecule has 2 heterocycles. The number of hydrogen-bond donors (Lipinski definition) is 3. The van der Waals surface area contributed by atoms with E-state index in [-0.39, 0.29) is 22.8 Å². The summed E-state index contributed by atoms with van der Waals surface area (Å²) in [5, 5.41) is 0. The standard InChI is InChI=1S/C15H11F2N5O/c16-9-3-1-2-7(12(9)17)13-8(14(18)23)6-11(21-13)10-4-5-20-15(19)22-10/h1-6,21H,(H2,18,23)(H2,19,20,22). The van der Waals surface area contributed by atoms with Crippen molar-refractivity contribution in [1.29, 1.82) is 0 Å². The highest BCUT2D eigenvalue weighted by atomic mass is 19.2. The van der Waals surface area contributed by atoms with E-state index in [9.17, 15) is 13.6 Å². The maximum absolute atomic E-state index is 14.0. The molecular formula is C15H11F2N5O. The Bertz CT molecular complexity index is 907. The summed E-state index contributed by atoms with van der Waals surface area (Å²) in [7, 11) is 0. The van der Waals surface area contributed by atoms with Crippen LogP contribution in [-0.4, -0.2) is 20.9 Å².